The van der Waals surface area contributed by atoms with E-state index in [4.69, 9.17) is 5.11 Å². The molecule has 9 nitrogen and oxygen atoms in total. The second kappa shape index (κ2) is 6.71. The lowest BCUT2D eigenvalue weighted by Gasteiger charge is -2.08. The number of hydrogen-bond donors (Lipinski definition) is 1. The molecule has 3 rings (SSSR count). The molecule has 3 aromatic rings. The zero-order valence-corrected chi connectivity index (χ0v) is 12.7. The molecule has 1 N–H and O–H groups in total. The number of nitro benzene ring substituents is 1. The Morgan fingerprint density at radius 1 is 1.16 bits per heavy atom. The monoisotopic (exact) mass is 337 g/mol. The molecule has 0 spiro atoms. The molecular weight excluding hydrogens is 326 g/mol. The standard InChI is InChI=1S/C16H11N5O4/c22-15(23)9-8-14-18-19-16(13-3-1-2-10-17-13)20(14)11-4-6-12(7-5-11)21(24)25/h1-10H,(H,22,23)/b9-8-. The summed E-state index contributed by atoms with van der Waals surface area (Å²) in [6, 6.07) is 11.0. The van der Waals surface area contributed by atoms with E-state index in [0.29, 0.717) is 17.2 Å². The van der Waals surface area contributed by atoms with Gasteiger partial charge < -0.3 is 5.11 Å². The Balaban J connectivity index is 2.15. The Labute approximate surface area is 141 Å². The lowest BCUT2D eigenvalue weighted by Crippen LogP contribution is -2.02. The molecule has 0 aliphatic heterocycles. The number of pyridine rings is 1. The van der Waals surface area contributed by atoms with Crippen LogP contribution in [-0.4, -0.2) is 35.7 Å². The maximum atomic E-state index is 10.8. The average Bonchev–Trinajstić information content (AvgIpc) is 3.04. The van der Waals surface area contributed by atoms with Crippen LogP contribution < -0.4 is 0 Å². The van der Waals surface area contributed by atoms with Crippen LogP contribution in [0, 0.1) is 10.1 Å². The number of rotatable bonds is 5. The molecule has 0 unspecified atom stereocenters. The van der Waals surface area contributed by atoms with Crippen molar-refractivity contribution in [2.45, 2.75) is 0 Å². The summed E-state index contributed by atoms with van der Waals surface area (Å²) in [5, 5.41) is 27.7. The lowest BCUT2D eigenvalue weighted by atomic mass is 10.2. The largest absolute Gasteiger partial charge is 0.478 e. The molecule has 0 saturated carbocycles. The number of non-ortho nitro benzene ring substituents is 1. The molecule has 25 heavy (non-hydrogen) atoms. The summed E-state index contributed by atoms with van der Waals surface area (Å²) in [5.41, 5.74) is 1.02. The minimum Gasteiger partial charge on any atom is -0.478 e. The highest BCUT2D eigenvalue weighted by molar-refractivity contribution is 5.84. The maximum absolute atomic E-state index is 10.8. The summed E-state index contributed by atoms with van der Waals surface area (Å²) in [7, 11) is 0. The SMILES string of the molecule is O=C(O)/C=C\c1nnc(-c2ccccn2)n1-c1ccc([N+](=O)[O-])cc1. The van der Waals surface area contributed by atoms with Crippen molar-refractivity contribution in [3.05, 3.63) is 70.7 Å². The first-order valence-electron chi connectivity index (χ1n) is 7.09. The molecule has 0 fully saturated rings. The van der Waals surface area contributed by atoms with Gasteiger partial charge in [-0.25, -0.2) is 4.79 Å². The Bertz CT molecular complexity index is 948. The number of carbonyl (C=O) groups is 1. The highest BCUT2D eigenvalue weighted by atomic mass is 16.6. The van der Waals surface area contributed by atoms with Crippen LogP contribution >= 0.6 is 0 Å². The third kappa shape index (κ3) is 3.39. The van der Waals surface area contributed by atoms with E-state index in [9.17, 15) is 14.9 Å². The molecule has 124 valence electrons. The normalized spacial score (nSPS) is 10.9. The number of benzene rings is 1. The van der Waals surface area contributed by atoms with E-state index in [1.165, 1.54) is 30.3 Å². The molecule has 0 atom stereocenters. The number of aliphatic carboxylic acids is 1. The van der Waals surface area contributed by atoms with Gasteiger partial charge in [-0.3, -0.25) is 19.7 Å². The van der Waals surface area contributed by atoms with Crippen molar-refractivity contribution in [2.75, 3.05) is 0 Å². The number of nitrogens with zero attached hydrogens (tertiary/aromatic N) is 5. The molecule has 0 saturated heterocycles. The summed E-state index contributed by atoms with van der Waals surface area (Å²) >= 11 is 0. The average molecular weight is 337 g/mol. The minimum atomic E-state index is -1.13. The van der Waals surface area contributed by atoms with Crippen LogP contribution in [-0.2, 0) is 4.79 Å². The molecule has 9 heteroatoms. The van der Waals surface area contributed by atoms with Crippen molar-refractivity contribution in [2.24, 2.45) is 0 Å². The van der Waals surface area contributed by atoms with Gasteiger partial charge in [0.1, 0.15) is 5.69 Å². The molecule has 0 bridgehead atoms. The zero-order chi connectivity index (χ0) is 17.8. The van der Waals surface area contributed by atoms with E-state index >= 15 is 0 Å². The van der Waals surface area contributed by atoms with Crippen LogP contribution in [0.3, 0.4) is 0 Å². The first-order valence-corrected chi connectivity index (χ1v) is 7.09. The zero-order valence-electron chi connectivity index (χ0n) is 12.7. The molecule has 2 aromatic heterocycles. The molecular formula is C16H11N5O4. The van der Waals surface area contributed by atoms with Crippen LogP contribution in [0.4, 0.5) is 5.69 Å². The highest BCUT2D eigenvalue weighted by Gasteiger charge is 2.16. The van der Waals surface area contributed by atoms with Gasteiger partial charge in [0.05, 0.1) is 4.92 Å². The summed E-state index contributed by atoms with van der Waals surface area (Å²) in [6.07, 6.45) is 3.83. The smallest absolute Gasteiger partial charge is 0.328 e. The van der Waals surface area contributed by atoms with E-state index in [1.807, 2.05) is 0 Å². The molecule has 1 aromatic carbocycles. The van der Waals surface area contributed by atoms with Gasteiger partial charge in [0.15, 0.2) is 11.6 Å². The number of hydrogen-bond acceptors (Lipinski definition) is 6. The number of carboxylic acid groups (broad SMARTS) is 1. The molecule has 0 aliphatic carbocycles. The third-order valence-electron chi connectivity index (χ3n) is 3.28. The summed E-state index contributed by atoms with van der Waals surface area (Å²) < 4.78 is 1.57. The van der Waals surface area contributed by atoms with Crippen LogP contribution in [0.5, 0.6) is 0 Å². The van der Waals surface area contributed by atoms with E-state index in [0.717, 1.165) is 6.08 Å². The van der Waals surface area contributed by atoms with Gasteiger partial charge in [-0.2, -0.15) is 0 Å². The molecule has 0 aliphatic rings. The van der Waals surface area contributed by atoms with Crippen molar-refractivity contribution in [3.8, 4) is 17.2 Å². The van der Waals surface area contributed by atoms with E-state index in [-0.39, 0.29) is 11.5 Å². The summed E-state index contributed by atoms with van der Waals surface area (Å²) in [6.45, 7) is 0. The lowest BCUT2D eigenvalue weighted by molar-refractivity contribution is -0.384. The van der Waals surface area contributed by atoms with Crippen LogP contribution in [0.15, 0.2) is 54.7 Å². The Kier molecular flexibility index (Phi) is 4.29. The predicted molar refractivity (Wildman–Crippen MR) is 87.9 cm³/mol. The van der Waals surface area contributed by atoms with Crippen LogP contribution in [0.2, 0.25) is 0 Å². The second-order valence-corrected chi connectivity index (χ2v) is 4.88. The van der Waals surface area contributed by atoms with Crippen LogP contribution in [0.25, 0.3) is 23.3 Å². The number of nitro groups is 1. The Morgan fingerprint density at radius 2 is 1.92 bits per heavy atom. The summed E-state index contributed by atoms with van der Waals surface area (Å²) in [5.74, 6) is -0.478. The quantitative estimate of drug-likeness (QED) is 0.430. The highest BCUT2D eigenvalue weighted by Crippen LogP contribution is 2.23. The second-order valence-electron chi connectivity index (χ2n) is 4.88. The molecule has 2 heterocycles. The first-order chi connectivity index (χ1) is 12.1. The van der Waals surface area contributed by atoms with Crippen LogP contribution in [0.1, 0.15) is 5.82 Å². The van der Waals surface area contributed by atoms with Crippen molar-refractivity contribution >= 4 is 17.7 Å². The van der Waals surface area contributed by atoms with E-state index < -0.39 is 10.9 Å². The summed E-state index contributed by atoms with van der Waals surface area (Å²) in [4.78, 5) is 25.3. The Hall–Kier alpha value is -3.88. The fourth-order valence-electron chi connectivity index (χ4n) is 2.19. The van der Waals surface area contributed by atoms with E-state index in [2.05, 4.69) is 15.2 Å². The van der Waals surface area contributed by atoms with Gasteiger partial charge in [0.25, 0.3) is 5.69 Å². The topological polar surface area (TPSA) is 124 Å². The van der Waals surface area contributed by atoms with Crippen molar-refractivity contribution in [3.63, 3.8) is 0 Å². The van der Waals surface area contributed by atoms with Gasteiger partial charge in [-0.15, -0.1) is 10.2 Å². The van der Waals surface area contributed by atoms with E-state index in [1.54, 1.807) is 29.0 Å². The Morgan fingerprint density at radius 3 is 2.52 bits per heavy atom. The minimum absolute atomic E-state index is 0.0566. The third-order valence-corrected chi connectivity index (χ3v) is 3.28. The first kappa shape index (κ1) is 16.0. The number of carboxylic acids is 1. The fraction of sp³-hybridized carbons (Fsp3) is 0. The van der Waals surface area contributed by atoms with Gasteiger partial charge >= 0.3 is 5.97 Å². The van der Waals surface area contributed by atoms with Crippen molar-refractivity contribution in [1.29, 1.82) is 0 Å². The predicted octanol–water partition coefficient (Wildman–Crippen LogP) is 2.34. The van der Waals surface area contributed by atoms with Crippen molar-refractivity contribution < 1.29 is 14.8 Å². The van der Waals surface area contributed by atoms with Crippen molar-refractivity contribution in [1.82, 2.24) is 19.7 Å². The molecule has 0 amide bonds. The van der Waals surface area contributed by atoms with Gasteiger partial charge in [0, 0.05) is 30.1 Å². The van der Waals surface area contributed by atoms with Gasteiger partial charge in [-0.1, -0.05) is 6.07 Å². The van der Waals surface area contributed by atoms with Gasteiger partial charge in [0.2, 0.25) is 0 Å². The maximum Gasteiger partial charge on any atom is 0.328 e. The van der Waals surface area contributed by atoms with Gasteiger partial charge in [-0.05, 0) is 30.3 Å². The fourth-order valence-corrected chi connectivity index (χ4v) is 2.19. The molecule has 0 radical (unpaired) electrons. The number of aromatic nitrogens is 4.